The topological polar surface area (TPSA) is 80.2 Å². The van der Waals surface area contributed by atoms with Gasteiger partial charge in [-0.1, -0.05) is 0 Å². The third-order valence-corrected chi connectivity index (χ3v) is 1.15. The molecule has 1 unspecified atom stereocenters. The van der Waals surface area contributed by atoms with Crippen LogP contribution in [0, 0.1) is 0 Å². The van der Waals surface area contributed by atoms with E-state index in [1.54, 1.807) is 6.92 Å². The Bertz CT molecular complexity index is 197. The number of hydrogen-bond donors (Lipinski definition) is 1. The van der Waals surface area contributed by atoms with E-state index in [-0.39, 0.29) is 5.84 Å². The van der Waals surface area contributed by atoms with Gasteiger partial charge in [-0.25, -0.2) is 0 Å². The predicted molar refractivity (Wildman–Crippen MR) is 30.9 cm³/mol. The number of rotatable bonds is 1. The fourth-order valence-corrected chi connectivity index (χ4v) is 0.400. The highest BCUT2D eigenvalue weighted by Gasteiger charge is 2.31. The van der Waals surface area contributed by atoms with Crippen molar-refractivity contribution in [2.45, 2.75) is 12.5 Å². The summed E-state index contributed by atoms with van der Waals surface area (Å²) in [6.07, 6.45) is 0.613. The lowest BCUT2D eigenvalue weighted by Gasteiger charge is -2.07. The van der Waals surface area contributed by atoms with Gasteiger partial charge in [0.1, 0.15) is 0 Å². The van der Waals surface area contributed by atoms with Gasteiger partial charge in [0.05, 0.1) is 0 Å². The highest BCUT2D eigenvalue weighted by Crippen LogP contribution is 2.12. The van der Waals surface area contributed by atoms with Crippen LogP contribution in [0.4, 0.5) is 0 Å². The first-order valence-corrected chi connectivity index (χ1v) is 2.41. The van der Waals surface area contributed by atoms with Crippen molar-refractivity contribution in [2.24, 2.45) is 21.2 Å². The molecular formula is C4H6N4O. The summed E-state index contributed by atoms with van der Waals surface area (Å²) in [5.41, 5.74) is 4.26. The second kappa shape index (κ2) is 1.61. The molecule has 0 aliphatic carbocycles. The molecule has 0 saturated carbocycles. The van der Waals surface area contributed by atoms with E-state index in [1.807, 2.05) is 0 Å². The smallest absolute Gasteiger partial charge is 0.194 e. The van der Waals surface area contributed by atoms with Crippen molar-refractivity contribution in [3.05, 3.63) is 0 Å². The summed E-state index contributed by atoms with van der Waals surface area (Å²) in [6.45, 7) is 1.55. The molecule has 48 valence electrons. The second-order valence-electron chi connectivity index (χ2n) is 1.94. The zero-order chi connectivity index (χ0) is 6.91. The number of aldehydes is 1. The molecule has 1 rings (SSSR count). The summed E-state index contributed by atoms with van der Waals surface area (Å²) in [5.74, 6) is 0.150. The lowest BCUT2D eigenvalue weighted by atomic mass is 10.1. The summed E-state index contributed by atoms with van der Waals surface area (Å²) in [6, 6.07) is 0. The molecule has 0 aromatic heterocycles. The van der Waals surface area contributed by atoms with Gasteiger partial charge in [-0.3, -0.25) is 0 Å². The van der Waals surface area contributed by atoms with E-state index >= 15 is 0 Å². The second-order valence-corrected chi connectivity index (χ2v) is 1.94. The summed E-state index contributed by atoms with van der Waals surface area (Å²) >= 11 is 0. The molecule has 5 heteroatoms. The van der Waals surface area contributed by atoms with Gasteiger partial charge in [-0.05, 0) is 12.1 Å². The van der Waals surface area contributed by atoms with Crippen molar-refractivity contribution in [3.8, 4) is 0 Å². The van der Waals surface area contributed by atoms with Crippen LogP contribution in [0.15, 0.2) is 15.4 Å². The largest absolute Gasteiger partial charge is 0.383 e. The molecule has 9 heavy (non-hydrogen) atoms. The Balaban J connectivity index is 2.95. The van der Waals surface area contributed by atoms with Crippen molar-refractivity contribution in [1.29, 1.82) is 0 Å². The molecule has 5 nitrogen and oxygen atoms in total. The Morgan fingerprint density at radius 1 is 1.78 bits per heavy atom. The van der Waals surface area contributed by atoms with E-state index in [9.17, 15) is 4.79 Å². The predicted octanol–water partition coefficient (Wildman–Crippen LogP) is -0.318. The van der Waals surface area contributed by atoms with Gasteiger partial charge in [0.15, 0.2) is 17.7 Å². The molecule has 0 fully saturated rings. The van der Waals surface area contributed by atoms with Crippen molar-refractivity contribution in [1.82, 2.24) is 0 Å². The zero-order valence-electron chi connectivity index (χ0n) is 4.90. The van der Waals surface area contributed by atoms with E-state index in [1.165, 1.54) is 0 Å². The molecule has 0 bridgehead atoms. The van der Waals surface area contributed by atoms with Gasteiger partial charge in [-0.15, -0.1) is 10.2 Å². The summed E-state index contributed by atoms with van der Waals surface area (Å²) in [7, 11) is 0. The minimum atomic E-state index is -1.00. The minimum Gasteiger partial charge on any atom is -0.383 e. The number of amidine groups is 1. The van der Waals surface area contributed by atoms with E-state index in [2.05, 4.69) is 15.4 Å². The van der Waals surface area contributed by atoms with Crippen molar-refractivity contribution >= 4 is 12.1 Å². The van der Waals surface area contributed by atoms with Crippen LogP contribution in [-0.2, 0) is 4.79 Å². The normalized spacial score (nSPS) is 32.3. The van der Waals surface area contributed by atoms with Gasteiger partial charge in [0.25, 0.3) is 0 Å². The number of carbonyl (C=O) groups excluding carboxylic acids is 1. The Morgan fingerprint density at radius 3 is 2.67 bits per heavy atom. The van der Waals surface area contributed by atoms with Crippen LogP contribution < -0.4 is 5.73 Å². The highest BCUT2D eigenvalue weighted by molar-refractivity contribution is 6.04. The Hall–Kier alpha value is -1.26. The van der Waals surface area contributed by atoms with Crippen LogP contribution >= 0.6 is 0 Å². The van der Waals surface area contributed by atoms with Gasteiger partial charge < -0.3 is 10.5 Å². The summed E-state index contributed by atoms with van der Waals surface area (Å²) in [5, 5.41) is 10.1. The van der Waals surface area contributed by atoms with Crippen LogP contribution in [0.1, 0.15) is 6.92 Å². The maximum Gasteiger partial charge on any atom is 0.194 e. The Morgan fingerprint density at radius 2 is 2.44 bits per heavy atom. The lowest BCUT2D eigenvalue weighted by Crippen LogP contribution is -2.38. The molecular weight excluding hydrogens is 120 g/mol. The molecule has 0 spiro atoms. The highest BCUT2D eigenvalue weighted by atomic mass is 16.1. The summed E-state index contributed by atoms with van der Waals surface area (Å²) < 4.78 is 0. The Kier molecular flexibility index (Phi) is 1.05. The molecule has 0 aromatic rings. The molecule has 1 aliphatic rings. The number of nitrogens with two attached hydrogens (primary N) is 1. The molecule has 1 atom stereocenters. The van der Waals surface area contributed by atoms with Crippen molar-refractivity contribution in [2.75, 3.05) is 0 Å². The third-order valence-electron chi connectivity index (χ3n) is 1.15. The van der Waals surface area contributed by atoms with E-state index < -0.39 is 5.54 Å². The Labute approximate surface area is 51.6 Å². The molecule has 0 aromatic carbocycles. The quantitative estimate of drug-likeness (QED) is 0.488. The van der Waals surface area contributed by atoms with Crippen LogP contribution in [0.3, 0.4) is 0 Å². The molecule has 0 amide bonds. The summed E-state index contributed by atoms with van der Waals surface area (Å²) in [4.78, 5) is 10.2. The zero-order valence-corrected chi connectivity index (χ0v) is 4.90. The van der Waals surface area contributed by atoms with Crippen molar-refractivity contribution in [3.63, 3.8) is 0 Å². The first-order valence-electron chi connectivity index (χ1n) is 2.41. The van der Waals surface area contributed by atoms with Gasteiger partial charge in [0, 0.05) is 0 Å². The average Bonchev–Trinajstić information content (AvgIpc) is 2.15. The van der Waals surface area contributed by atoms with Crippen LogP contribution in [0.25, 0.3) is 0 Å². The van der Waals surface area contributed by atoms with Gasteiger partial charge in [-0.2, -0.15) is 0 Å². The molecule has 1 heterocycles. The third kappa shape index (κ3) is 0.697. The van der Waals surface area contributed by atoms with Crippen LogP contribution in [0.2, 0.25) is 0 Å². The fourth-order valence-electron chi connectivity index (χ4n) is 0.400. The van der Waals surface area contributed by atoms with E-state index in [4.69, 9.17) is 5.73 Å². The first kappa shape index (κ1) is 5.87. The maximum absolute atomic E-state index is 10.2. The molecule has 2 N–H and O–H groups in total. The monoisotopic (exact) mass is 126 g/mol. The average molecular weight is 126 g/mol. The SMILES string of the molecule is CC1(C=O)N=NN=C1N. The number of hydrogen-bond acceptors (Lipinski definition) is 5. The number of nitrogens with zero attached hydrogens (tertiary/aromatic N) is 3. The minimum absolute atomic E-state index is 0.150. The van der Waals surface area contributed by atoms with E-state index in [0.717, 1.165) is 0 Å². The first-order chi connectivity index (χ1) is 4.19. The maximum atomic E-state index is 10.2. The number of carbonyl (C=O) groups is 1. The van der Waals surface area contributed by atoms with Crippen molar-refractivity contribution < 1.29 is 4.79 Å². The van der Waals surface area contributed by atoms with Crippen LogP contribution in [-0.4, -0.2) is 17.7 Å². The molecule has 0 saturated heterocycles. The van der Waals surface area contributed by atoms with Gasteiger partial charge in [0.2, 0.25) is 0 Å². The fraction of sp³-hybridized carbons (Fsp3) is 0.500. The van der Waals surface area contributed by atoms with Crippen LogP contribution in [0.5, 0.6) is 0 Å². The molecule has 1 aliphatic heterocycles. The van der Waals surface area contributed by atoms with Gasteiger partial charge >= 0.3 is 0 Å². The molecule has 0 radical (unpaired) electrons. The standard InChI is InChI=1S/C4H6N4O/c1-4(2-9)3(5)6-8-7-4/h2H,1H3,(H2,5,6,7). The lowest BCUT2D eigenvalue weighted by molar-refractivity contribution is -0.109. The van der Waals surface area contributed by atoms with E-state index in [0.29, 0.717) is 6.29 Å².